The molecule has 0 fully saturated rings. The molecule has 10 heteroatoms. The molecule has 0 unspecified atom stereocenters. The molecule has 28 heavy (non-hydrogen) atoms. The van der Waals surface area contributed by atoms with Crippen LogP contribution in [0, 0.1) is 0 Å². The number of sulfone groups is 1. The summed E-state index contributed by atoms with van der Waals surface area (Å²) in [5.41, 5.74) is 1.27. The van der Waals surface area contributed by atoms with Gasteiger partial charge in [0.2, 0.25) is 10.0 Å². The molecule has 2 rings (SSSR count). The van der Waals surface area contributed by atoms with Crippen LogP contribution in [0.1, 0.15) is 28.9 Å². The number of nitrogens with zero attached hydrogens (tertiary/aromatic N) is 1. The van der Waals surface area contributed by atoms with Gasteiger partial charge in [0, 0.05) is 13.3 Å². The van der Waals surface area contributed by atoms with E-state index in [1.165, 1.54) is 37.4 Å². The Balaban J connectivity index is 2.18. The largest absolute Gasteiger partial charge is 0.345 e. The molecule has 0 spiro atoms. The minimum atomic E-state index is -3.44. The summed E-state index contributed by atoms with van der Waals surface area (Å²) in [6, 6.07) is 10.2. The van der Waals surface area contributed by atoms with Gasteiger partial charge in [0.05, 0.1) is 33.5 Å². The maximum absolute atomic E-state index is 12.5. The van der Waals surface area contributed by atoms with E-state index < -0.39 is 31.8 Å². The van der Waals surface area contributed by atoms with Crippen molar-refractivity contribution in [2.24, 2.45) is 0 Å². The number of nitrogens with one attached hydrogen (secondary N) is 1. The zero-order valence-electron chi connectivity index (χ0n) is 15.8. The number of carbonyl (C=O) groups is 1. The second kappa shape index (κ2) is 8.10. The molecule has 0 radical (unpaired) electrons. The molecule has 2 aromatic carbocycles. The van der Waals surface area contributed by atoms with Gasteiger partial charge in [-0.3, -0.25) is 9.10 Å². The van der Waals surface area contributed by atoms with Crippen molar-refractivity contribution >= 4 is 43.1 Å². The molecule has 0 saturated heterocycles. The lowest BCUT2D eigenvalue weighted by molar-refractivity contribution is 0.0940. The highest BCUT2D eigenvalue weighted by molar-refractivity contribution is 7.92. The van der Waals surface area contributed by atoms with Crippen molar-refractivity contribution in [3.05, 3.63) is 58.6 Å². The molecule has 0 aliphatic rings. The fraction of sp³-hybridized carbons (Fsp3) is 0.278. The maximum Gasteiger partial charge on any atom is 0.253 e. The van der Waals surface area contributed by atoms with Crippen LogP contribution in [-0.2, 0) is 19.9 Å². The van der Waals surface area contributed by atoms with Gasteiger partial charge >= 0.3 is 0 Å². The quantitative estimate of drug-likeness (QED) is 0.738. The van der Waals surface area contributed by atoms with Crippen LogP contribution in [0.4, 0.5) is 5.69 Å². The highest BCUT2D eigenvalue weighted by Crippen LogP contribution is 2.25. The Kier molecular flexibility index (Phi) is 6.42. The number of halogens is 1. The first-order valence-electron chi connectivity index (χ1n) is 8.15. The SMILES string of the molecule is C[C@H](NC(=O)c1ccc(N(C)S(C)(=O)=O)cc1Cl)c1ccc(S(C)(=O)=O)cc1. The van der Waals surface area contributed by atoms with E-state index in [9.17, 15) is 21.6 Å². The molecule has 1 amide bonds. The standard InChI is InChI=1S/C18H21ClN2O5S2/c1-12(13-5-8-15(9-6-13)27(3,23)24)20-18(22)16-10-7-14(11-17(16)19)21(2)28(4,25)26/h5-12H,1-4H3,(H,20,22)/t12-/m0/s1. The van der Waals surface area contributed by atoms with Gasteiger partial charge in [-0.1, -0.05) is 23.7 Å². The molecule has 1 N–H and O–H groups in total. The summed E-state index contributed by atoms with van der Waals surface area (Å²) in [5, 5.41) is 2.90. The summed E-state index contributed by atoms with van der Waals surface area (Å²) in [4.78, 5) is 12.7. The highest BCUT2D eigenvalue weighted by atomic mass is 35.5. The molecule has 1 atom stereocenters. The fourth-order valence-corrected chi connectivity index (χ4v) is 3.82. The summed E-state index contributed by atoms with van der Waals surface area (Å²) in [5.74, 6) is -0.432. The molecule has 0 aliphatic carbocycles. The van der Waals surface area contributed by atoms with Crippen molar-refractivity contribution < 1.29 is 21.6 Å². The molecular formula is C18H21ClN2O5S2. The van der Waals surface area contributed by atoms with Gasteiger partial charge in [-0.05, 0) is 42.8 Å². The van der Waals surface area contributed by atoms with Crippen LogP contribution in [0.15, 0.2) is 47.4 Å². The lowest BCUT2D eigenvalue weighted by Crippen LogP contribution is -2.27. The van der Waals surface area contributed by atoms with Gasteiger partial charge in [-0.2, -0.15) is 0 Å². The number of hydrogen-bond donors (Lipinski definition) is 1. The van der Waals surface area contributed by atoms with Gasteiger partial charge in [-0.25, -0.2) is 16.8 Å². The zero-order valence-corrected chi connectivity index (χ0v) is 18.2. The fourth-order valence-electron chi connectivity index (χ4n) is 2.44. The van der Waals surface area contributed by atoms with E-state index in [2.05, 4.69) is 5.32 Å². The topological polar surface area (TPSA) is 101 Å². The van der Waals surface area contributed by atoms with E-state index in [0.29, 0.717) is 5.69 Å². The molecule has 0 bridgehead atoms. The summed E-state index contributed by atoms with van der Waals surface area (Å²) in [6.07, 6.45) is 2.19. The first-order valence-corrected chi connectivity index (χ1v) is 12.3. The Morgan fingerprint density at radius 2 is 1.61 bits per heavy atom. The van der Waals surface area contributed by atoms with Gasteiger partial charge in [0.25, 0.3) is 5.91 Å². The average Bonchev–Trinajstić information content (AvgIpc) is 2.59. The molecule has 0 aliphatic heterocycles. The molecule has 0 aromatic heterocycles. The smallest absolute Gasteiger partial charge is 0.253 e. The monoisotopic (exact) mass is 444 g/mol. The zero-order chi connectivity index (χ0) is 21.3. The lowest BCUT2D eigenvalue weighted by atomic mass is 10.1. The Morgan fingerprint density at radius 3 is 2.07 bits per heavy atom. The van der Waals surface area contributed by atoms with Crippen molar-refractivity contribution in [3.63, 3.8) is 0 Å². The molecule has 152 valence electrons. The van der Waals surface area contributed by atoms with Crippen LogP contribution in [-0.4, -0.2) is 42.3 Å². The van der Waals surface area contributed by atoms with Crippen LogP contribution in [0.3, 0.4) is 0 Å². The Hall–Kier alpha value is -2.10. The minimum absolute atomic E-state index is 0.116. The van der Waals surface area contributed by atoms with Crippen molar-refractivity contribution in [1.82, 2.24) is 5.32 Å². The summed E-state index contributed by atoms with van der Waals surface area (Å²) >= 11 is 6.17. The average molecular weight is 445 g/mol. The summed E-state index contributed by atoms with van der Waals surface area (Å²) in [7, 11) is -5.34. The molecule has 2 aromatic rings. The van der Waals surface area contributed by atoms with Crippen LogP contribution in [0.2, 0.25) is 5.02 Å². The number of hydrogen-bond acceptors (Lipinski definition) is 5. The number of anilines is 1. The van der Waals surface area contributed by atoms with Crippen LogP contribution in [0.5, 0.6) is 0 Å². The van der Waals surface area contributed by atoms with E-state index in [4.69, 9.17) is 11.6 Å². The number of sulfonamides is 1. The molecule has 0 heterocycles. The van der Waals surface area contributed by atoms with Crippen LogP contribution >= 0.6 is 11.6 Å². The van der Waals surface area contributed by atoms with E-state index in [-0.39, 0.29) is 15.5 Å². The number of carbonyl (C=O) groups excluding carboxylic acids is 1. The highest BCUT2D eigenvalue weighted by Gasteiger charge is 2.18. The molecular weight excluding hydrogens is 424 g/mol. The first kappa shape index (κ1) is 22.2. The predicted octanol–water partition coefficient (Wildman–Crippen LogP) is 2.63. The van der Waals surface area contributed by atoms with E-state index in [1.807, 2.05) is 0 Å². The predicted molar refractivity (Wildman–Crippen MR) is 110 cm³/mol. The molecule has 0 saturated carbocycles. The van der Waals surface area contributed by atoms with Crippen molar-refractivity contribution in [2.75, 3.05) is 23.9 Å². The number of rotatable bonds is 6. The van der Waals surface area contributed by atoms with Gasteiger partial charge in [0.1, 0.15) is 0 Å². The third-order valence-corrected chi connectivity index (χ3v) is 6.86. The van der Waals surface area contributed by atoms with Gasteiger partial charge in [-0.15, -0.1) is 0 Å². The molecule has 7 nitrogen and oxygen atoms in total. The maximum atomic E-state index is 12.5. The van der Waals surface area contributed by atoms with Gasteiger partial charge < -0.3 is 5.32 Å². The van der Waals surface area contributed by atoms with E-state index in [1.54, 1.807) is 19.1 Å². The Morgan fingerprint density at radius 1 is 1.04 bits per heavy atom. The Bertz CT molecular complexity index is 1100. The van der Waals surface area contributed by atoms with Crippen LogP contribution < -0.4 is 9.62 Å². The lowest BCUT2D eigenvalue weighted by Gasteiger charge is -2.18. The Labute approximate surface area is 170 Å². The number of benzene rings is 2. The van der Waals surface area contributed by atoms with Crippen LogP contribution in [0.25, 0.3) is 0 Å². The second-order valence-electron chi connectivity index (χ2n) is 6.43. The van der Waals surface area contributed by atoms with E-state index >= 15 is 0 Å². The second-order valence-corrected chi connectivity index (χ2v) is 10.9. The van der Waals surface area contributed by atoms with Crippen molar-refractivity contribution in [2.45, 2.75) is 17.9 Å². The normalized spacial score (nSPS) is 13.0. The van der Waals surface area contributed by atoms with E-state index in [0.717, 1.165) is 22.4 Å². The van der Waals surface area contributed by atoms with Gasteiger partial charge in [0.15, 0.2) is 9.84 Å². The third kappa shape index (κ3) is 5.24. The number of amides is 1. The van der Waals surface area contributed by atoms with Crippen molar-refractivity contribution in [1.29, 1.82) is 0 Å². The summed E-state index contributed by atoms with van der Waals surface area (Å²) in [6.45, 7) is 1.76. The first-order chi connectivity index (χ1) is 12.8. The third-order valence-electron chi connectivity index (χ3n) is 4.21. The minimum Gasteiger partial charge on any atom is -0.345 e. The summed E-state index contributed by atoms with van der Waals surface area (Å²) < 4.78 is 47.3. The van der Waals surface area contributed by atoms with Crippen molar-refractivity contribution in [3.8, 4) is 0 Å².